The van der Waals surface area contributed by atoms with E-state index in [0.29, 0.717) is 55.0 Å². The van der Waals surface area contributed by atoms with Crippen LogP contribution in [0.2, 0.25) is 0 Å². The number of likely N-dealkylation sites (tertiary alicyclic amines) is 1. The normalized spacial score (nSPS) is 22.8. The Morgan fingerprint density at radius 2 is 1.81 bits per heavy atom. The molecule has 2 heterocycles. The fraction of sp³-hybridized carbons (Fsp3) is 0.462. The van der Waals surface area contributed by atoms with E-state index in [1.807, 2.05) is 0 Å². The monoisotopic (exact) mass is 520 g/mol. The molecule has 2 aromatic carbocycles. The number of H-pyrrole nitrogens is 1. The molecule has 3 aromatic rings. The molecule has 1 aliphatic carbocycles. The molecule has 1 atom stereocenters. The molecule has 6 nitrogen and oxygen atoms in total. The molecule has 1 aliphatic heterocycles. The van der Waals surface area contributed by atoms with Gasteiger partial charge in [-0.3, -0.25) is 0 Å². The van der Waals surface area contributed by atoms with Gasteiger partial charge in [0.25, 0.3) is 10.2 Å². The molecule has 1 aromatic heterocycles. The lowest BCUT2D eigenvalue weighted by atomic mass is 9.70. The summed E-state index contributed by atoms with van der Waals surface area (Å²) < 4.78 is 72.1. The van der Waals surface area contributed by atoms with Gasteiger partial charge in [-0.2, -0.15) is 8.42 Å². The van der Waals surface area contributed by atoms with Gasteiger partial charge in [0.1, 0.15) is 17.5 Å². The van der Waals surface area contributed by atoms with Gasteiger partial charge in [-0.25, -0.2) is 22.6 Å². The van der Waals surface area contributed by atoms with Crippen LogP contribution in [0.3, 0.4) is 0 Å². The lowest BCUT2D eigenvalue weighted by molar-refractivity contribution is 0.266. The summed E-state index contributed by atoms with van der Waals surface area (Å²) >= 11 is 0. The molecule has 1 saturated carbocycles. The Kier molecular flexibility index (Phi) is 7.13. The Morgan fingerprint density at radius 1 is 1.06 bits per heavy atom. The number of hydrogen-bond donors (Lipinski definition) is 3. The van der Waals surface area contributed by atoms with Crippen LogP contribution < -0.4 is 9.44 Å². The van der Waals surface area contributed by atoms with Crippen molar-refractivity contribution >= 4 is 21.1 Å². The van der Waals surface area contributed by atoms with Gasteiger partial charge in [-0.05, 0) is 85.0 Å². The van der Waals surface area contributed by atoms with Crippen molar-refractivity contribution in [3.05, 3.63) is 59.4 Å². The first-order valence-electron chi connectivity index (χ1n) is 12.4. The predicted octanol–water partition coefficient (Wildman–Crippen LogP) is 4.51. The van der Waals surface area contributed by atoms with Gasteiger partial charge in [0.05, 0.1) is 11.2 Å². The minimum absolute atomic E-state index is 0.000349. The average molecular weight is 521 g/mol. The second-order valence-electron chi connectivity index (χ2n) is 10.2. The molecule has 0 radical (unpaired) electrons. The molecular formula is C26H31F3N4O2S. The summed E-state index contributed by atoms with van der Waals surface area (Å²) in [7, 11) is -3.60. The quantitative estimate of drug-likeness (QED) is 0.389. The standard InChI is InChI=1S/C26H31F3N4O2S/c1-16-6-8-33(15-16)9-7-30-36(34,35)31-14-17-10-19(11-17)24-22-12-21(28)13-23(29)26(22)32-25(24)18-2-4-20(27)5-3-18/h2-5,12-13,16-17,19,30-32H,6-11,14-15H2,1H3/t16?,17-,19-. The molecule has 1 saturated heterocycles. The van der Waals surface area contributed by atoms with E-state index in [9.17, 15) is 21.6 Å². The van der Waals surface area contributed by atoms with Crippen LogP contribution in [0.5, 0.6) is 0 Å². The second-order valence-corrected chi connectivity index (χ2v) is 11.8. The number of benzene rings is 2. The summed E-state index contributed by atoms with van der Waals surface area (Å²) in [6, 6.07) is 8.03. The van der Waals surface area contributed by atoms with E-state index in [2.05, 4.69) is 26.3 Å². The molecule has 5 rings (SSSR count). The highest BCUT2D eigenvalue weighted by molar-refractivity contribution is 7.87. The summed E-state index contributed by atoms with van der Waals surface area (Å²) in [6.07, 6.45) is 2.49. The van der Waals surface area contributed by atoms with Gasteiger partial charge in [0.15, 0.2) is 0 Å². The van der Waals surface area contributed by atoms with Crippen molar-refractivity contribution in [2.45, 2.75) is 32.1 Å². The Balaban J connectivity index is 1.23. The fourth-order valence-corrected chi connectivity index (χ4v) is 6.41. The van der Waals surface area contributed by atoms with Crippen LogP contribution in [-0.4, -0.2) is 51.0 Å². The summed E-state index contributed by atoms with van der Waals surface area (Å²) in [6.45, 7) is 5.55. The minimum atomic E-state index is -3.60. The summed E-state index contributed by atoms with van der Waals surface area (Å²) in [4.78, 5) is 5.33. The van der Waals surface area contributed by atoms with E-state index in [4.69, 9.17) is 0 Å². The maximum absolute atomic E-state index is 14.5. The third kappa shape index (κ3) is 5.46. The number of nitrogens with zero attached hydrogens (tertiary/aromatic N) is 1. The molecule has 0 bridgehead atoms. The van der Waals surface area contributed by atoms with E-state index in [-0.39, 0.29) is 23.2 Å². The highest BCUT2D eigenvalue weighted by Gasteiger charge is 2.35. The van der Waals surface area contributed by atoms with Gasteiger partial charge < -0.3 is 9.88 Å². The van der Waals surface area contributed by atoms with Crippen molar-refractivity contribution < 1.29 is 21.6 Å². The van der Waals surface area contributed by atoms with Crippen LogP contribution in [0, 0.1) is 29.3 Å². The Labute approximate surface area is 209 Å². The first-order valence-corrected chi connectivity index (χ1v) is 13.9. The van der Waals surface area contributed by atoms with E-state index < -0.39 is 21.8 Å². The van der Waals surface area contributed by atoms with Crippen molar-refractivity contribution in [1.29, 1.82) is 0 Å². The molecule has 194 valence electrons. The molecule has 0 spiro atoms. The maximum atomic E-state index is 14.5. The zero-order chi connectivity index (χ0) is 25.4. The smallest absolute Gasteiger partial charge is 0.276 e. The van der Waals surface area contributed by atoms with E-state index in [0.717, 1.165) is 31.1 Å². The highest BCUT2D eigenvalue weighted by atomic mass is 32.2. The molecule has 0 amide bonds. The number of halogens is 3. The highest BCUT2D eigenvalue weighted by Crippen LogP contribution is 2.48. The first-order chi connectivity index (χ1) is 17.2. The molecule has 1 unspecified atom stereocenters. The van der Waals surface area contributed by atoms with Crippen LogP contribution in [0.25, 0.3) is 22.2 Å². The number of aromatic nitrogens is 1. The van der Waals surface area contributed by atoms with Crippen LogP contribution >= 0.6 is 0 Å². The molecule has 2 fully saturated rings. The summed E-state index contributed by atoms with van der Waals surface area (Å²) in [5, 5.41) is 0.466. The van der Waals surface area contributed by atoms with Gasteiger partial charge >= 0.3 is 0 Å². The zero-order valence-electron chi connectivity index (χ0n) is 20.2. The SMILES string of the molecule is CC1CCN(CCNS(=O)(=O)NC[C@H]2C[C@H](c3c(-c4ccc(F)cc4)[nH]c4c(F)cc(F)cc43)C2)C1. The first kappa shape index (κ1) is 25.3. The molecule has 36 heavy (non-hydrogen) atoms. The Morgan fingerprint density at radius 3 is 2.50 bits per heavy atom. The third-order valence-corrected chi connectivity index (χ3v) is 8.56. The van der Waals surface area contributed by atoms with E-state index in [1.165, 1.54) is 18.2 Å². The van der Waals surface area contributed by atoms with Gasteiger partial charge in [0, 0.05) is 37.6 Å². The van der Waals surface area contributed by atoms with E-state index >= 15 is 0 Å². The topological polar surface area (TPSA) is 77.2 Å². The minimum Gasteiger partial charge on any atom is -0.352 e. The summed E-state index contributed by atoms with van der Waals surface area (Å²) in [5.41, 5.74) is 2.32. The van der Waals surface area contributed by atoms with Gasteiger partial charge in [-0.1, -0.05) is 6.92 Å². The number of fused-ring (bicyclic) bond motifs is 1. The largest absolute Gasteiger partial charge is 0.352 e. The van der Waals surface area contributed by atoms with Crippen LogP contribution in [-0.2, 0) is 10.2 Å². The van der Waals surface area contributed by atoms with Crippen molar-refractivity contribution in [2.75, 3.05) is 32.7 Å². The summed E-state index contributed by atoms with van der Waals surface area (Å²) in [5.74, 6) is -0.968. The lowest BCUT2D eigenvalue weighted by Gasteiger charge is -2.36. The van der Waals surface area contributed by atoms with Crippen molar-refractivity contribution in [1.82, 2.24) is 19.3 Å². The second kappa shape index (κ2) is 10.2. The number of nitrogens with one attached hydrogen (secondary N) is 3. The Hall–Kier alpha value is -2.40. The van der Waals surface area contributed by atoms with Crippen molar-refractivity contribution in [2.24, 2.45) is 11.8 Å². The van der Waals surface area contributed by atoms with Crippen LogP contribution in [0.1, 0.15) is 37.7 Å². The fourth-order valence-electron chi connectivity index (χ4n) is 5.49. The number of aromatic amines is 1. The number of rotatable bonds is 9. The maximum Gasteiger partial charge on any atom is 0.276 e. The molecule has 2 aliphatic rings. The van der Waals surface area contributed by atoms with Gasteiger partial charge in [0.2, 0.25) is 0 Å². The van der Waals surface area contributed by atoms with Crippen molar-refractivity contribution in [3.63, 3.8) is 0 Å². The molecular weight excluding hydrogens is 489 g/mol. The zero-order valence-corrected chi connectivity index (χ0v) is 21.0. The van der Waals surface area contributed by atoms with Crippen molar-refractivity contribution in [3.8, 4) is 11.3 Å². The van der Waals surface area contributed by atoms with Gasteiger partial charge in [-0.15, -0.1) is 0 Å². The molecule has 10 heteroatoms. The Bertz CT molecular complexity index is 1340. The lowest BCUT2D eigenvalue weighted by Crippen LogP contribution is -2.43. The van der Waals surface area contributed by atoms with E-state index in [1.54, 1.807) is 12.1 Å². The van der Waals surface area contributed by atoms with Crippen LogP contribution in [0.4, 0.5) is 13.2 Å². The third-order valence-electron chi connectivity index (χ3n) is 7.43. The molecule has 3 N–H and O–H groups in total. The average Bonchev–Trinajstić information content (AvgIpc) is 3.37. The van der Waals surface area contributed by atoms with Crippen LogP contribution in [0.15, 0.2) is 36.4 Å². The predicted molar refractivity (Wildman–Crippen MR) is 134 cm³/mol. The number of hydrogen-bond acceptors (Lipinski definition) is 3.